The molecule has 2 N–H and O–H groups in total. The number of amides is 2. The average Bonchev–Trinajstić information content (AvgIpc) is 3.03. The molecule has 268 valence electrons. The van der Waals surface area contributed by atoms with Crippen molar-refractivity contribution >= 4 is 11.8 Å². The molecule has 0 saturated heterocycles. The molecule has 4 nitrogen and oxygen atoms in total. The Kier molecular flexibility index (Phi) is 36.5. The van der Waals surface area contributed by atoms with E-state index in [-0.39, 0.29) is 17.9 Å². The predicted octanol–water partition coefficient (Wildman–Crippen LogP) is 12.9. The number of rotatable bonds is 37. The fraction of sp³-hybridized carbons (Fsp3) is 0.951. The first kappa shape index (κ1) is 43.9. The number of hydrogen-bond acceptors (Lipinski definition) is 2. The molecule has 4 heteroatoms. The van der Waals surface area contributed by atoms with Crippen molar-refractivity contribution in [3.8, 4) is 0 Å². The van der Waals surface area contributed by atoms with Crippen LogP contribution in [0.25, 0.3) is 0 Å². The molecule has 0 rings (SSSR count). The highest BCUT2D eigenvalue weighted by atomic mass is 16.2. The lowest BCUT2D eigenvalue weighted by atomic mass is 10.0. The summed E-state index contributed by atoms with van der Waals surface area (Å²) in [6, 6.07) is -0.00620. The summed E-state index contributed by atoms with van der Waals surface area (Å²) in [5.74, 6) is 0.249. The number of carbonyl (C=O) groups is 2. The second-order valence-corrected chi connectivity index (χ2v) is 14.4. The summed E-state index contributed by atoms with van der Waals surface area (Å²) in [5, 5.41) is 6.07. The maximum absolute atomic E-state index is 12.3. The molecule has 0 fully saturated rings. The third-order valence-electron chi connectivity index (χ3n) is 9.53. The van der Waals surface area contributed by atoms with Crippen molar-refractivity contribution in [3.63, 3.8) is 0 Å². The van der Waals surface area contributed by atoms with Crippen molar-refractivity contribution in [2.24, 2.45) is 0 Å². The first-order valence-electron chi connectivity index (χ1n) is 20.7. The van der Waals surface area contributed by atoms with Gasteiger partial charge in [-0.2, -0.15) is 0 Å². The van der Waals surface area contributed by atoms with Gasteiger partial charge in [-0.3, -0.25) is 9.59 Å². The molecule has 0 radical (unpaired) electrons. The quantitative estimate of drug-likeness (QED) is 0.0668. The molecule has 0 aromatic heterocycles. The normalized spacial score (nSPS) is 12.0. The van der Waals surface area contributed by atoms with Gasteiger partial charge in [0.05, 0.1) is 0 Å². The highest BCUT2D eigenvalue weighted by Crippen LogP contribution is 2.15. The smallest absolute Gasteiger partial charge is 0.220 e. The zero-order valence-electron chi connectivity index (χ0n) is 31.1. The molecule has 0 aromatic rings. The van der Waals surface area contributed by atoms with Crippen molar-refractivity contribution in [1.29, 1.82) is 0 Å². The summed E-state index contributed by atoms with van der Waals surface area (Å²) >= 11 is 0. The molecule has 0 aromatic carbocycles. The van der Waals surface area contributed by atoms with Gasteiger partial charge in [-0.05, 0) is 19.8 Å². The SMILES string of the molecule is CCCCCCCCCCCCCCCCCCC(=O)NCC(C)NC(=O)CCCCCCCCCCCCCCCCCC. The fourth-order valence-corrected chi connectivity index (χ4v) is 6.42. The topological polar surface area (TPSA) is 58.2 Å². The monoisotopic (exact) mass is 635 g/mol. The first-order valence-corrected chi connectivity index (χ1v) is 20.7. The minimum atomic E-state index is -0.00620. The molecule has 0 spiro atoms. The Labute approximate surface area is 283 Å². The van der Waals surface area contributed by atoms with E-state index in [2.05, 4.69) is 24.5 Å². The van der Waals surface area contributed by atoms with Crippen LogP contribution < -0.4 is 10.6 Å². The molecule has 0 aliphatic rings. The second-order valence-electron chi connectivity index (χ2n) is 14.4. The fourth-order valence-electron chi connectivity index (χ4n) is 6.42. The van der Waals surface area contributed by atoms with Gasteiger partial charge >= 0.3 is 0 Å². The van der Waals surface area contributed by atoms with Gasteiger partial charge in [0, 0.05) is 25.4 Å². The van der Waals surface area contributed by atoms with E-state index in [1.165, 1.54) is 180 Å². The van der Waals surface area contributed by atoms with Gasteiger partial charge in [-0.15, -0.1) is 0 Å². The number of nitrogens with one attached hydrogen (secondary N) is 2. The maximum atomic E-state index is 12.3. The molecule has 1 atom stereocenters. The van der Waals surface area contributed by atoms with Crippen LogP contribution in [0, 0.1) is 0 Å². The standard InChI is InChI=1S/C41H82N2O2/c1-4-6-8-10-12-14-16-18-20-22-24-26-28-30-32-34-36-40(44)42-38-39(3)43-41(45)37-35-33-31-29-27-25-23-21-19-17-15-13-11-9-7-5-2/h39H,4-38H2,1-3H3,(H,42,44)(H,43,45). The van der Waals surface area contributed by atoms with Gasteiger partial charge in [0.1, 0.15) is 0 Å². The van der Waals surface area contributed by atoms with Crippen LogP contribution in [0.1, 0.15) is 239 Å². The summed E-state index contributed by atoms with van der Waals surface area (Å²) in [7, 11) is 0. The van der Waals surface area contributed by atoms with E-state index in [1.807, 2.05) is 6.92 Å². The molecule has 0 heterocycles. The molecular weight excluding hydrogens is 552 g/mol. The third-order valence-corrected chi connectivity index (χ3v) is 9.53. The van der Waals surface area contributed by atoms with Gasteiger partial charge in [0.2, 0.25) is 11.8 Å². The lowest BCUT2D eigenvalue weighted by Gasteiger charge is -2.15. The Morgan fingerprint density at radius 3 is 0.911 bits per heavy atom. The van der Waals surface area contributed by atoms with E-state index in [0.717, 1.165) is 25.7 Å². The van der Waals surface area contributed by atoms with E-state index in [4.69, 9.17) is 0 Å². The molecular formula is C41H82N2O2. The summed E-state index contributed by atoms with van der Waals surface area (Å²) in [5.41, 5.74) is 0. The van der Waals surface area contributed by atoms with E-state index in [0.29, 0.717) is 19.4 Å². The summed E-state index contributed by atoms with van der Waals surface area (Å²) in [6.07, 6.45) is 44.3. The Bertz CT molecular complexity index is 608. The van der Waals surface area contributed by atoms with Gasteiger partial charge in [-0.1, -0.05) is 206 Å². The van der Waals surface area contributed by atoms with Crippen molar-refractivity contribution in [1.82, 2.24) is 10.6 Å². The van der Waals surface area contributed by atoms with Crippen molar-refractivity contribution < 1.29 is 9.59 Å². The van der Waals surface area contributed by atoms with E-state index in [1.54, 1.807) is 0 Å². The molecule has 0 bridgehead atoms. The Hall–Kier alpha value is -1.06. The lowest BCUT2D eigenvalue weighted by molar-refractivity contribution is -0.123. The number of hydrogen-bond donors (Lipinski definition) is 2. The second kappa shape index (κ2) is 37.4. The van der Waals surface area contributed by atoms with Crippen LogP contribution in [0.15, 0.2) is 0 Å². The third kappa shape index (κ3) is 37.3. The lowest BCUT2D eigenvalue weighted by Crippen LogP contribution is -2.41. The van der Waals surface area contributed by atoms with Crippen LogP contribution in [0.4, 0.5) is 0 Å². The first-order chi connectivity index (χ1) is 22.1. The largest absolute Gasteiger partial charge is 0.354 e. The van der Waals surface area contributed by atoms with Gasteiger partial charge in [0.15, 0.2) is 0 Å². The minimum absolute atomic E-state index is 0.00620. The average molecular weight is 635 g/mol. The summed E-state index contributed by atoms with van der Waals surface area (Å²) < 4.78 is 0. The molecule has 0 saturated carbocycles. The van der Waals surface area contributed by atoms with Crippen LogP contribution >= 0.6 is 0 Å². The van der Waals surface area contributed by atoms with E-state index in [9.17, 15) is 9.59 Å². The van der Waals surface area contributed by atoms with E-state index < -0.39 is 0 Å². The molecule has 0 aliphatic heterocycles. The summed E-state index contributed by atoms with van der Waals surface area (Å²) in [6.45, 7) is 7.09. The number of carbonyl (C=O) groups excluding carboxylic acids is 2. The number of unbranched alkanes of at least 4 members (excludes halogenated alkanes) is 30. The van der Waals surface area contributed by atoms with Gasteiger partial charge < -0.3 is 10.6 Å². The zero-order valence-corrected chi connectivity index (χ0v) is 31.1. The highest BCUT2D eigenvalue weighted by Gasteiger charge is 2.09. The molecule has 45 heavy (non-hydrogen) atoms. The zero-order chi connectivity index (χ0) is 32.9. The van der Waals surface area contributed by atoms with E-state index >= 15 is 0 Å². The molecule has 2 amide bonds. The van der Waals surface area contributed by atoms with Crippen LogP contribution in [0.2, 0.25) is 0 Å². The highest BCUT2D eigenvalue weighted by molar-refractivity contribution is 5.77. The van der Waals surface area contributed by atoms with Crippen LogP contribution in [-0.2, 0) is 9.59 Å². The molecule has 0 aliphatic carbocycles. The van der Waals surface area contributed by atoms with Gasteiger partial charge in [0.25, 0.3) is 0 Å². The van der Waals surface area contributed by atoms with Crippen molar-refractivity contribution in [2.75, 3.05) is 6.54 Å². The summed E-state index contributed by atoms with van der Waals surface area (Å²) in [4.78, 5) is 24.5. The molecule has 1 unspecified atom stereocenters. The Morgan fingerprint density at radius 1 is 0.378 bits per heavy atom. The van der Waals surface area contributed by atoms with Crippen LogP contribution in [0.3, 0.4) is 0 Å². The van der Waals surface area contributed by atoms with Crippen LogP contribution in [-0.4, -0.2) is 24.4 Å². The Morgan fingerprint density at radius 2 is 0.622 bits per heavy atom. The van der Waals surface area contributed by atoms with Crippen molar-refractivity contribution in [3.05, 3.63) is 0 Å². The van der Waals surface area contributed by atoms with Crippen LogP contribution in [0.5, 0.6) is 0 Å². The van der Waals surface area contributed by atoms with Crippen molar-refractivity contribution in [2.45, 2.75) is 245 Å². The predicted molar refractivity (Wildman–Crippen MR) is 199 cm³/mol. The van der Waals surface area contributed by atoms with Gasteiger partial charge in [-0.25, -0.2) is 0 Å². The maximum Gasteiger partial charge on any atom is 0.220 e. The minimum Gasteiger partial charge on any atom is -0.354 e. The Balaban J connectivity index is 3.37.